The molecule has 2 heterocycles. The average Bonchev–Trinajstić information content (AvgIpc) is 3.35. The molecular weight excluding hydrogens is 439 g/mol. The number of nitrogens with one attached hydrogen (secondary N) is 2. The molecule has 2 aromatic rings. The lowest BCUT2D eigenvalue weighted by atomic mass is 10.1. The monoisotopic (exact) mass is 462 g/mol. The predicted molar refractivity (Wildman–Crippen MR) is 126 cm³/mol. The van der Waals surface area contributed by atoms with Gasteiger partial charge in [-0.05, 0) is 66.3 Å². The summed E-state index contributed by atoms with van der Waals surface area (Å²) < 4.78 is 13.8. The molecule has 0 saturated carbocycles. The number of thioether (sulfide) groups is 1. The Kier molecular flexibility index (Phi) is 6.57. The van der Waals surface area contributed by atoms with Gasteiger partial charge in [-0.3, -0.25) is 9.59 Å². The highest BCUT2D eigenvalue weighted by Crippen LogP contribution is 2.36. The lowest BCUT2D eigenvalue weighted by molar-refractivity contribution is -0.117. The molecule has 1 saturated heterocycles. The molecule has 31 heavy (non-hydrogen) atoms. The Morgan fingerprint density at radius 3 is 2.74 bits per heavy atom. The minimum atomic E-state index is -0.633. The van der Waals surface area contributed by atoms with Crippen LogP contribution < -0.4 is 20.4 Å². The number of benzene rings is 2. The first kappa shape index (κ1) is 21.8. The quantitative estimate of drug-likeness (QED) is 0.494. The van der Waals surface area contributed by atoms with Gasteiger partial charge in [-0.1, -0.05) is 11.6 Å². The van der Waals surface area contributed by atoms with E-state index in [1.54, 1.807) is 28.0 Å². The summed E-state index contributed by atoms with van der Waals surface area (Å²) >= 11 is 8.31. The zero-order chi connectivity index (χ0) is 22.0. The first-order chi connectivity index (χ1) is 14.9. The maximum atomic E-state index is 13.8. The second-order valence-electron chi connectivity index (χ2n) is 7.73. The smallest absolute Gasteiger partial charge is 0.246 e. The highest BCUT2D eigenvalue weighted by Gasteiger charge is 2.32. The molecular formula is C22H24ClFN4O2S. The summed E-state index contributed by atoms with van der Waals surface area (Å²) in [6.07, 6.45) is 1.07. The van der Waals surface area contributed by atoms with Crippen LogP contribution in [0.2, 0.25) is 0 Å². The number of rotatable bonds is 6. The van der Waals surface area contributed by atoms with Crippen molar-refractivity contribution < 1.29 is 14.0 Å². The molecule has 0 aromatic heterocycles. The van der Waals surface area contributed by atoms with Crippen molar-refractivity contribution in [3.63, 3.8) is 0 Å². The van der Waals surface area contributed by atoms with Gasteiger partial charge >= 0.3 is 0 Å². The summed E-state index contributed by atoms with van der Waals surface area (Å²) in [5, 5.41) is 5.81. The molecule has 1 fully saturated rings. The molecule has 0 spiro atoms. The molecule has 2 aliphatic heterocycles. The lowest BCUT2D eigenvalue weighted by Crippen LogP contribution is -2.44. The van der Waals surface area contributed by atoms with Gasteiger partial charge in [0.2, 0.25) is 11.8 Å². The van der Waals surface area contributed by atoms with Crippen molar-refractivity contribution in [3.8, 4) is 0 Å². The summed E-state index contributed by atoms with van der Waals surface area (Å²) in [4.78, 5) is 28.2. The van der Waals surface area contributed by atoms with Crippen LogP contribution in [0, 0.1) is 11.7 Å². The van der Waals surface area contributed by atoms with Crippen LogP contribution in [0.4, 0.5) is 27.1 Å². The molecule has 2 N–H and O–H groups in total. The topological polar surface area (TPSA) is 64.7 Å². The molecule has 2 atom stereocenters. The van der Waals surface area contributed by atoms with Crippen LogP contribution in [0.1, 0.15) is 13.3 Å². The Labute approximate surface area is 190 Å². The number of hydrogen-bond donors (Lipinski definition) is 2. The molecule has 2 aromatic carbocycles. The van der Waals surface area contributed by atoms with E-state index in [1.807, 2.05) is 23.9 Å². The largest absolute Gasteiger partial charge is 0.351 e. The average molecular weight is 463 g/mol. The SMILES string of the molecule is CC(=O)Nc1ccc(N(CC2CCSC2)C(=O)CN2c3cc(F)ccc3NC2Cl)cc1. The zero-order valence-electron chi connectivity index (χ0n) is 17.1. The fourth-order valence-electron chi connectivity index (χ4n) is 3.85. The predicted octanol–water partition coefficient (Wildman–Crippen LogP) is 4.32. The molecule has 0 bridgehead atoms. The number of hydrogen-bond acceptors (Lipinski definition) is 5. The van der Waals surface area contributed by atoms with Gasteiger partial charge in [0.05, 0.1) is 11.4 Å². The Morgan fingerprint density at radius 1 is 1.29 bits per heavy atom. The second kappa shape index (κ2) is 9.36. The number of nitrogens with zero attached hydrogens (tertiary/aromatic N) is 2. The molecule has 4 rings (SSSR count). The second-order valence-corrected chi connectivity index (χ2v) is 9.29. The zero-order valence-corrected chi connectivity index (χ0v) is 18.7. The minimum absolute atomic E-state index is 0.0188. The van der Waals surface area contributed by atoms with E-state index in [9.17, 15) is 14.0 Å². The number of carbonyl (C=O) groups excluding carboxylic acids is 2. The number of halogens is 2. The van der Waals surface area contributed by atoms with Crippen LogP contribution in [-0.2, 0) is 9.59 Å². The highest BCUT2D eigenvalue weighted by atomic mass is 35.5. The van der Waals surface area contributed by atoms with E-state index in [2.05, 4.69) is 10.6 Å². The van der Waals surface area contributed by atoms with Gasteiger partial charge in [0, 0.05) is 24.8 Å². The first-order valence-corrected chi connectivity index (χ1v) is 11.7. The molecule has 164 valence electrons. The van der Waals surface area contributed by atoms with Crippen molar-refractivity contribution in [2.75, 3.05) is 45.0 Å². The molecule has 2 unspecified atom stereocenters. The summed E-state index contributed by atoms with van der Waals surface area (Å²) in [6, 6.07) is 11.6. The molecule has 9 heteroatoms. The third-order valence-corrected chi connectivity index (χ3v) is 6.96. The summed E-state index contributed by atoms with van der Waals surface area (Å²) in [6.45, 7) is 2.08. The van der Waals surface area contributed by atoms with Crippen LogP contribution in [0.25, 0.3) is 0 Å². The van der Waals surface area contributed by atoms with Crippen LogP contribution in [0.15, 0.2) is 42.5 Å². The lowest BCUT2D eigenvalue weighted by Gasteiger charge is -2.29. The van der Waals surface area contributed by atoms with E-state index >= 15 is 0 Å². The van der Waals surface area contributed by atoms with E-state index in [0.717, 1.165) is 23.6 Å². The summed E-state index contributed by atoms with van der Waals surface area (Å²) in [5.74, 6) is 1.89. The van der Waals surface area contributed by atoms with Gasteiger partial charge in [0.15, 0.2) is 5.62 Å². The fraction of sp³-hybridized carbons (Fsp3) is 0.364. The number of amides is 2. The number of alkyl halides is 1. The van der Waals surface area contributed by atoms with Crippen LogP contribution in [-0.4, -0.2) is 42.0 Å². The third kappa shape index (κ3) is 5.07. The fourth-order valence-corrected chi connectivity index (χ4v) is 5.42. The standard InChI is InChI=1S/C22H24ClFN4O2S/c1-14(29)25-17-3-5-18(6-4-17)27(11-15-8-9-31-13-15)21(30)12-28-20-10-16(24)2-7-19(20)26-22(28)23/h2-7,10,15,22,26H,8-9,11-13H2,1H3,(H,25,29). The highest BCUT2D eigenvalue weighted by molar-refractivity contribution is 7.99. The number of carbonyl (C=O) groups is 2. The molecule has 6 nitrogen and oxygen atoms in total. The van der Waals surface area contributed by atoms with E-state index in [1.165, 1.54) is 19.1 Å². The van der Waals surface area contributed by atoms with Gasteiger partial charge < -0.3 is 20.4 Å². The number of anilines is 4. The van der Waals surface area contributed by atoms with Crippen molar-refractivity contribution in [3.05, 3.63) is 48.3 Å². The summed E-state index contributed by atoms with van der Waals surface area (Å²) in [5.41, 5.74) is 2.08. The van der Waals surface area contributed by atoms with Crippen molar-refractivity contribution in [2.24, 2.45) is 5.92 Å². The van der Waals surface area contributed by atoms with Gasteiger partial charge in [-0.25, -0.2) is 4.39 Å². The number of fused-ring (bicyclic) bond motifs is 1. The van der Waals surface area contributed by atoms with Crippen molar-refractivity contribution in [1.29, 1.82) is 0 Å². The third-order valence-electron chi connectivity index (χ3n) is 5.39. The Morgan fingerprint density at radius 2 is 2.06 bits per heavy atom. The van der Waals surface area contributed by atoms with Crippen molar-refractivity contribution in [2.45, 2.75) is 19.0 Å². The van der Waals surface area contributed by atoms with Gasteiger partial charge in [0.25, 0.3) is 0 Å². The molecule has 0 radical (unpaired) electrons. The van der Waals surface area contributed by atoms with Crippen LogP contribution in [0.3, 0.4) is 0 Å². The van der Waals surface area contributed by atoms with Gasteiger partial charge in [-0.2, -0.15) is 11.8 Å². The molecule has 0 aliphatic carbocycles. The maximum Gasteiger partial charge on any atom is 0.246 e. The molecule has 2 amide bonds. The van der Waals surface area contributed by atoms with Gasteiger partial charge in [-0.15, -0.1) is 0 Å². The van der Waals surface area contributed by atoms with E-state index in [0.29, 0.717) is 29.5 Å². The normalized spacial score (nSPS) is 19.6. The Bertz CT molecular complexity index is 968. The van der Waals surface area contributed by atoms with Crippen molar-refractivity contribution in [1.82, 2.24) is 0 Å². The Hall–Kier alpha value is -2.45. The van der Waals surface area contributed by atoms with Gasteiger partial charge in [0.1, 0.15) is 12.4 Å². The molecule has 2 aliphatic rings. The van der Waals surface area contributed by atoms with E-state index in [-0.39, 0.29) is 24.2 Å². The summed E-state index contributed by atoms with van der Waals surface area (Å²) in [7, 11) is 0. The Balaban J connectivity index is 1.56. The van der Waals surface area contributed by atoms with Crippen molar-refractivity contribution >= 4 is 57.9 Å². The van der Waals surface area contributed by atoms with Crippen LogP contribution >= 0.6 is 23.4 Å². The van der Waals surface area contributed by atoms with E-state index < -0.39 is 5.62 Å². The maximum absolute atomic E-state index is 13.8. The van der Waals surface area contributed by atoms with Crippen LogP contribution in [0.5, 0.6) is 0 Å². The first-order valence-electron chi connectivity index (χ1n) is 10.1. The minimum Gasteiger partial charge on any atom is -0.351 e. The van der Waals surface area contributed by atoms with E-state index in [4.69, 9.17) is 11.6 Å².